The average Bonchev–Trinajstić information content (AvgIpc) is 2.85. The zero-order chi connectivity index (χ0) is 23.4. The topological polar surface area (TPSA) is 81.9 Å². The molecule has 0 bridgehead atoms. The summed E-state index contributed by atoms with van der Waals surface area (Å²) >= 11 is 0. The molecule has 4 rings (SSSR count). The predicted octanol–water partition coefficient (Wildman–Crippen LogP) is 5.40. The minimum absolute atomic E-state index is 0.0315. The van der Waals surface area contributed by atoms with Crippen LogP contribution in [0.2, 0.25) is 0 Å². The Morgan fingerprint density at radius 1 is 1.09 bits per heavy atom. The lowest BCUT2D eigenvalue weighted by molar-refractivity contribution is -0.385. The van der Waals surface area contributed by atoms with Crippen LogP contribution in [0, 0.1) is 10.1 Å². The van der Waals surface area contributed by atoms with Gasteiger partial charge in [0, 0.05) is 30.3 Å². The molecule has 2 aliphatic heterocycles. The van der Waals surface area contributed by atoms with Crippen LogP contribution in [0.5, 0.6) is 0 Å². The van der Waals surface area contributed by atoms with Crippen LogP contribution in [0.15, 0.2) is 71.6 Å². The highest BCUT2D eigenvalue weighted by Gasteiger charge is 2.40. The van der Waals surface area contributed by atoms with Crippen molar-refractivity contribution >= 4 is 17.4 Å². The molecular weight excluding hydrogens is 420 g/mol. The number of esters is 1. The fourth-order valence-corrected chi connectivity index (χ4v) is 4.62. The van der Waals surface area contributed by atoms with Gasteiger partial charge in [-0.3, -0.25) is 10.1 Å². The van der Waals surface area contributed by atoms with Gasteiger partial charge in [-0.1, -0.05) is 48.5 Å². The van der Waals surface area contributed by atoms with Crippen LogP contribution >= 0.6 is 0 Å². The van der Waals surface area contributed by atoms with E-state index in [1.54, 1.807) is 25.1 Å². The van der Waals surface area contributed by atoms with E-state index in [1.165, 1.54) is 6.07 Å². The second-order valence-corrected chi connectivity index (χ2v) is 8.22. The standard InChI is InChI=1S/C26H28N2O5/c1-3-32-26(29)23-22(20-14-8-9-15-21(20)28(30)31)18(2)25(27-16-10-5-11-17-27)33-24(23)19-12-6-4-7-13-19/h4,6-9,12-15,22H,3,5,10-11,16-17H2,1-2H3/t22-/m1/s1. The summed E-state index contributed by atoms with van der Waals surface area (Å²) in [6, 6.07) is 16.0. The molecule has 0 aliphatic carbocycles. The Bertz CT molecular complexity index is 1100. The van der Waals surface area contributed by atoms with Gasteiger partial charge in [-0.25, -0.2) is 4.79 Å². The Hall–Kier alpha value is -3.61. The molecule has 7 heteroatoms. The Kier molecular flexibility index (Phi) is 6.77. The summed E-state index contributed by atoms with van der Waals surface area (Å²) < 4.78 is 11.9. The summed E-state index contributed by atoms with van der Waals surface area (Å²) in [7, 11) is 0. The third kappa shape index (κ3) is 4.49. The number of rotatable bonds is 6. The largest absolute Gasteiger partial charge is 0.463 e. The van der Waals surface area contributed by atoms with E-state index in [1.807, 2.05) is 37.3 Å². The van der Waals surface area contributed by atoms with Gasteiger partial charge in [0.2, 0.25) is 0 Å². The van der Waals surface area contributed by atoms with Gasteiger partial charge in [0.1, 0.15) is 5.76 Å². The van der Waals surface area contributed by atoms with E-state index < -0.39 is 16.8 Å². The van der Waals surface area contributed by atoms with Crippen molar-refractivity contribution in [2.45, 2.75) is 39.0 Å². The molecule has 172 valence electrons. The van der Waals surface area contributed by atoms with Gasteiger partial charge in [-0.2, -0.15) is 0 Å². The Morgan fingerprint density at radius 3 is 2.42 bits per heavy atom. The van der Waals surface area contributed by atoms with E-state index in [2.05, 4.69) is 4.90 Å². The van der Waals surface area contributed by atoms with Crippen LogP contribution in [-0.2, 0) is 14.3 Å². The maximum absolute atomic E-state index is 13.3. The molecule has 1 atom stereocenters. The van der Waals surface area contributed by atoms with E-state index in [-0.39, 0.29) is 17.9 Å². The Morgan fingerprint density at radius 2 is 1.76 bits per heavy atom. The third-order valence-electron chi connectivity index (χ3n) is 6.12. The quantitative estimate of drug-likeness (QED) is 0.334. The first kappa shape index (κ1) is 22.6. The van der Waals surface area contributed by atoms with E-state index in [9.17, 15) is 14.9 Å². The number of hydrogen-bond donors (Lipinski definition) is 0. The molecule has 0 saturated carbocycles. The lowest BCUT2D eigenvalue weighted by atomic mass is 9.81. The molecule has 1 saturated heterocycles. The second-order valence-electron chi connectivity index (χ2n) is 8.22. The fourth-order valence-electron chi connectivity index (χ4n) is 4.62. The number of ether oxygens (including phenoxy) is 2. The second kappa shape index (κ2) is 9.90. The van der Waals surface area contributed by atoms with Gasteiger partial charge < -0.3 is 14.4 Å². The number of hydrogen-bond acceptors (Lipinski definition) is 6. The van der Waals surface area contributed by atoms with Crippen LogP contribution in [0.4, 0.5) is 5.69 Å². The van der Waals surface area contributed by atoms with Crippen molar-refractivity contribution in [2.24, 2.45) is 0 Å². The Labute approximate surface area is 193 Å². The highest BCUT2D eigenvalue weighted by Crippen LogP contribution is 2.47. The number of nitro groups is 1. The lowest BCUT2D eigenvalue weighted by Crippen LogP contribution is -2.34. The zero-order valence-electron chi connectivity index (χ0n) is 19.0. The van der Waals surface area contributed by atoms with E-state index in [0.717, 1.165) is 43.5 Å². The van der Waals surface area contributed by atoms with Crippen LogP contribution in [0.1, 0.15) is 50.2 Å². The van der Waals surface area contributed by atoms with Crippen molar-refractivity contribution < 1.29 is 19.2 Å². The van der Waals surface area contributed by atoms with Gasteiger partial charge in [0.15, 0.2) is 5.88 Å². The molecule has 0 amide bonds. The molecule has 0 radical (unpaired) electrons. The van der Waals surface area contributed by atoms with Gasteiger partial charge in [-0.15, -0.1) is 0 Å². The van der Waals surface area contributed by atoms with Gasteiger partial charge in [0.25, 0.3) is 5.69 Å². The van der Waals surface area contributed by atoms with Gasteiger partial charge in [-0.05, 0) is 38.7 Å². The molecule has 0 spiro atoms. The monoisotopic (exact) mass is 448 g/mol. The summed E-state index contributed by atoms with van der Waals surface area (Å²) in [6.45, 7) is 5.51. The smallest absolute Gasteiger partial charge is 0.338 e. The maximum atomic E-state index is 13.3. The highest BCUT2D eigenvalue weighted by molar-refractivity contribution is 5.99. The minimum atomic E-state index is -0.661. The van der Waals surface area contributed by atoms with Crippen molar-refractivity contribution in [3.63, 3.8) is 0 Å². The van der Waals surface area contributed by atoms with Crippen LogP contribution in [-0.4, -0.2) is 35.5 Å². The third-order valence-corrected chi connectivity index (χ3v) is 6.12. The van der Waals surface area contributed by atoms with Crippen LogP contribution in [0.25, 0.3) is 5.76 Å². The molecule has 2 heterocycles. The number of para-hydroxylation sites is 1. The number of carbonyl (C=O) groups is 1. The van der Waals surface area contributed by atoms with Crippen LogP contribution in [0.3, 0.4) is 0 Å². The molecule has 7 nitrogen and oxygen atoms in total. The molecule has 0 aromatic heterocycles. The van der Waals surface area contributed by atoms with Gasteiger partial charge >= 0.3 is 5.97 Å². The van der Waals surface area contributed by atoms with Crippen molar-refractivity contribution in [1.82, 2.24) is 4.90 Å². The van der Waals surface area contributed by atoms with Crippen molar-refractivity contribution in [2.75, 3.05) is 19.7 Å². The van der Waals surface area contributed by atoms with Crippen molar-refractivity contribution in [3.8, 4) is 0 Å². The molecule has 0 unspecified atom stereocenters. The number of nitrogens with zero attached hydrogens (tertiary/aromatic N) is 2. The lowest BCUT2D eigenvalue weighted by Gasteiger charge is -2.37. The summed E-state index contributed by atoms with van der Waals surface area (Å²) in [6.07, 6.45) is 3.25. The van der Waals surface area contributed by atoms with E-state index in [4.69, 9.17) is 9.47 Å². The molecule has 2 aromatic rings. The number of piperidine rings is 1. The molecular formula is C26H28N2O5. The molecule has 2 aromatic carbocycles. The maximum Gasteiger partial charge on any atom is 0.338 e. The van der Waals surface area contributed by atoms with E-state index >= 15 is 0 Å². The fraction of sp³-hybridized carbons (Fsp3) is 0.346. The predicted molar refractivity (Wildman–Crippen MR) is 125 cm³/mol. The number of benzene rings is 2. The molecule has 0 N–H and O–H groups in total. The first-order chi connectivity index (χ1) is 16.0. The van der Waals surface area contributed by atoms with Gasteiger partial charge in [0.05, 0.1) is 23.0 Å². The van der Waals surface area contributed by atoms with Crippen LogP contribution < -0.4 is 0 Å². The number of allylic oxidation sites excluding steroid dienone is 1. The SMILES string of the molecule is CCOC(=O)C1=C(c2ccccc2)OC(N2CCCCC2)=C(C)[C@@H]1c1ccccc1[N+](=O)[O-]. The summed E-state index contributed by atoms with van der Waals surface area (Å²) in [5, 5.41) is 11.9. The summed E-state index contributed by atoms with van der Waals surface area (Å²) in [4.78, 5) is 27.0. The number of likely N-dealkylation sites (tertiary alicyclic amines) is 1. The minimum Gasteiger partial charge on any atom is -0.463 e. The molecule has 2 aliphatic rings. The first-order valence-electron chi connectivity index (χ1n) is 11.4. The number of carbonyl (C=O) groups excluding carboxylic acids is 1. The zero-order valence-corrected chi connectivity index (χ0v) is 19.0. The Balaban J connectivity index is 1.98. The van der Waals surface area contributed by atoms with E-state index in [0.29, 0.717) is 17.2 Å². The normalized spacial score (nSPS) is 18.7. The summed E-state index contributed by atoms with van der Waals surface area (Å²) in [5.74, 6) is -0.129. The van der Waals surface area contributed by atoms with Crippen molar-refractivity contribution in [1.29, 1.82) is 0 Å². The van der Waals surface area contributed by atoms with Crippen molar-refractivity contribution in [3.05, 3.63) is 92.9 Å². The summed E-state index contributed by atoms with van der Waals surface area (Å²) in [5.41, 5.74) is 2.21. The molecule has 1 fully saturated rings. The first-order valence-corrected chi connectivity index (χ1v) is 11.4. The number of nitro benzene ring substituents is 1. The average molecular weight is 449 g/mol. The molecule has 33 heavy (non-hydrogen) atoms. The highest BCUT2D eigenvalue weighted by atomic mass is 16.6.